The molecule has 1 amide bonds. The fourth-order valence-electron chi connectivity index (χ4n) is 4.74. The molecule has 0 spiro atoms. The van der Waals surface area contributed by atoms with Gasteiger partial charge in [-0.25, -0.2) is 0 Å². The van der Waals surface area contributed by atoms with Gasteiger partial charge in [-0.3, -0.25) is 9.59 Å². The van der Waals surface area contributed by atoms with E-state index in [-0.39, 0.29) is 23.0 Å². The number of Topliss-reactive ketones (excluding diaryl/α,β-unsaturated/α-hetero) is 1. The number of carbonyl (C=O) groups is 2. The number of ketones is 1. The van der Waals surface area contributed by atoms with Crippen molar-refractivity contribution in [3.8, 4) is 11.8 Å². The van der Waals surface area contributed by atoms with Crippen molar-refractivity contribution >= 4 is 17.4 Å². The molecule has 7 nitrogen and oxygen atoms in total. The van der Waals surface area contributed by atoms with E-state index in [9.17, 15) is 14.9 Å². The van der Waals surface area contributed by atoms with Crippen LogP contribution >= 0.6 is 0 Å². The van der Waals surface area contributed by atoms with Crippen molar-refractivity contribution in [3.05, 3.63) is 94.5 Å². The first-order valence-corrected chi connectivity index (χ1v) is 12.1. The Bertz CT molecular complexity index is 1360. The van der Waals surface area contributed by atoms with Crippen LogP contribution in [0, 0.1) is 23.2 Å². The number of fused-ring (bicyclic) bond motifs is 1. The number of methoxy groups -OCH3 is 2. The van der Waals surface area contributed by atoms with Gasteiger partial charge in [0.25, 0.3) is 11.7 Å². The fourth-order valence-corrected chi connectivity index (χ4v) is 4.74. The van der Waals surface area contributed by atoms with Gasteiger partial charge in [0.1, 0.15) is 6.07 Å². The lowest BCUT2D eigenvalue weighted by Crippen LogP contribution is -2.31. The summed E-state index contributed by atoms with van der Waals surface area (Å²) in [5.74, 6) is -0.528. The van der Waals surface area contributed by atoms with E-state index in [4.69, 9.17) is 9.47 Å². The molecule has 2 N–H and O–H groups in total. The second-order valence-corrected chi connectivity index (χ2v) is 10.1. The van der Waals surface area contributed by atoms with Crippen LogP contribution in [-0.2, 0) is 19.7 Å². The maximum Gasteiger partial charge on any atom is 0.296 e. The zero-order chi connectivity index (χ0) is 26.7. The Hall–Kier alpha value is -4.31. The van der Waals surface area contributed by atoms with Crippen molar-refractivity contribution in [1.29, 1.82) is 5.26 Å². The van der Waals surface area contributed by atoms with Crippen molar-refractivity contribution in [1.82, 2.24) is 5.32 Å². The minimum atomic E-state index is -0.785. The standard InChI is InChI=1S/C30H31N3O4/c1-30(2,3)20-14-19(16-31)28(37-5)25(15-20)33-29(35)27(34)24-12-11-21(22-8-6-7-9-23(22)24)18-10-13-26(36-4)32-17-18/h6-15,21-22,32H,17H2,1-5H3,(H,33,35). The quantitative estimate of drug-likeness (QED) is 0.557. The molecule has 1 heterocycles. The van der Waals surface area contributed by atoms with Crippen LogP contribution in [0.25, 0.3) is 0 Å². The molecule has 0 aromatic heterocycles. The summed E-state index contributed by atoms with van der Waals surface area (Å²) in [4.78, 5) is 26.6. The van der Waals surface area contributed by atoms with E-state index in [1.807, 2.05) is 57.2 Å². The van der Waals surface area contributed by atoms with Crippen LogP contribution in [0.4, 0.5) is 5.69 Å². The number of hydrogen-bond donors (Lipinski definition) is 2. The van der Waals surface area contributed by atoms with Crippen LogP contribution in [0.15, 0.2) is 83.3 Å². The number of amides is 1. The summed E-state index contributed by atoms with van der Waals surface area (Å²) in [5, 5.41) is 15.6. The first-order valence-electron chi connectivity index (χ1n) is 12.1. The van der Waals surface area contributed by atoms with Crippen LogP contribution in [0.2, 0.25) is 0 Å². The zero-order valence-electron chi connectivity index (χ0n) is 21.7. The molecule has 1 aromatic carbocycles. The number of ether oxygens (including phenoxy) is 2. The van der Waals surface area contributed by atoms with Crippen molar-refractivity contribution in [3.63, 3.8) is 0 Å². The van der Waals surface area contributed by atoms with Gasteiger partial charge in [-0.1, -0.05) is 63.3 Å². The third-order valence-corrected chi connectivity index (χ3v) is 6.77. The number of dihydropyridines is 1. The maximum absolute atomic E-state index is 13.4. The third kappa shape index (κ3) is 5.14. The molecule has 2 unspecified atom stereocenters. The van der Waals surface area contributed by atoms with Gasteiger partial charge in [0, 0.05) is 24.0 Å². The van der Waals surface area contributed by atoms with Gasteiger partial charge < -0.3 is 20.1 Å². The Morgan fingerprint density at radius 3 is 2.46 bits per heavy atom. The van der Waals surface area contributed by atoms with Gasteiger partial charge in [-0.2, -0.15) is 5.26 Å². The van der Waals surface area contributed by atoms with Crippen LogP contribution in [0.5, 0.6) is 5.75 Å². The van der Waals surface area contributed by atoms with Gasteiger partial charge in [0.15, 0.2) is 11.6 Å². The van der Waals surface area contributed by atoms with Gasteiger partial charge in [-0.15, -0.1) is 0 Å². The first-order chi connectivity index (χ1) is 17.7. The highest BCUT2D eigenvalue weighted by Crippen LogP contribution is 2.39. The number of benzene rings is 1. The highest BCUT2D eigenvalue weighted by molar-refractivity contribution is 6.47. The first kappa shape index (κ1) is 25.8. The molecule has 0 saturated heterocycles. The number of allylic oxidation sites excluding steroid dienone is 9. The summed E-state index contributed by atoms with van der Waals surface area (Å²) in [7, 11) is 3.05. The van der Waals surface area contributed by atoms with Crippen LogP contribution in [-0.4, -0.2) is 32.5 Å². The highest BCUT2D eigenvalue weighted by Gasteiger charge is 2.33. The molecule has 0 bridgehead atoms. The number of rotatable bonds is 6. The van der Waals surface area contributed by atoms with Crippen molar-refractivity contribution < 1.29 is 19.1 Å². The summed E-state index contributed by atoms with van der Waals surface area (Å²) in [6.45, 7) is 6.66. The second kappa shape index (κ2) is 10.4. The average molecular weight is 498 g/mol. The van der Waals surface area contributed by atoms with E-state index in [1.54, 1.807) is 25.3 Å². The molecule has 0 radical (unpaired) electrons. The number of hydrogen-bond acceptors (Lipinski definition) is 6. The van der Waals surface area contributed by atoms with Gasteiger partial charge in [0.2, 0.25) is 0 Å². The summed E-state index contributed by atoms with van der Waals surface area (Å²) in [6.07, 6.45) is 15.4. The van der Waals surface area contributed by atoms with E-state index >= 15 is 0 Å². The molecule has 2 atom stereocenters. The van der Waals surface area contributed by atoms with Gasteiger partial charge in [-0.05, 0) is 40.3 Å². The summed E-state index contributed by atoms with van der Waals surface area (Å²) in [6, 6.07) is 5.62. The van der Waals surface area contributed by atoms with E-state index in [1.165, 1.54) is 7.11 Å². The summed E-state index contributed by atoms with van der Waals surface area (Å²) >= 11 is 0. The van der Waals surface area contributed by atoms with Crippen LogP contribution in [0.3, 0.4) is 0 Å². The Labute approximate surface area is 217 Å². The molecule has 4 rings (SSSR count). The molecule has 1 aliphatic heterocycles. The molecule has 37 heavy (non-hydrogen) atoms. The lowest BCUT2D eigenvalue weighted by atomic mass is 9.73. The number of anilines is 1. The molecular formula is C30H31N3O4. The minimum absolute atomic E-state index is 0.0414. The van der Waals surface area contributed by atoms with E-state index in [0.29, 0.717) is 29.3 Å². The fraction of sp³-hybridized carbons (Fsp3) is 0.300. The third-order valence-electron chi connectivity index (χ3n) is 6.77. The van der Waals surface area contributed by atoms with Crippen molar-refractivity contribution in [2.75, 3.05) is 26.1 Å². The second-order valence-electron chi connectivity index (χ2n) is 10.1. The summed E-state index contributed by atoms with van der Waals surface area (Å²) < 4.78 is 10.7. The van der Waals surface area contributed by atoms with E-state index in [2.05, 4.69) is 22.8 Å². The minimum Gasteiger partial charge on any atom is -0.493 e. The van der Waals surface area contributed by atoms with Gasteiger partial charge >= 0.3 is 0 Å². The molecule has 3 aliphatic rings. The Morgan fingerprint density at radius 1 is 1.05 bits per heavy atom. The molecule has 7 heteroatoms. The normalized spacial score (nSPS) is 20.2. The predicted octanol–water partition coefficient (Wildman–Crippen LogP) is 4.61. The summed E-state index contributed by atoms with van der Waals surface area (Å²) in [5.41, 5.74) is 3.46. The molecular weight excluding hydrogens is 466 g/mol. The lowest BCUT2D eigenvalue weighted by molar-refractivity contribution is -0.132. The molecule has 2 aliphatic carbocycles. The van der Waals surface area contributed by atoms with E-state index < -0.39 is 11.7 Å². The van der Waals surface area contributed by atoms with Crippen LogP contribution < -0.4 is 15.4 Å². The number of carbonyl (C=O) groups excluding carboxylic acids is 2. The van der Waals surface area contributed by atoms with E-state index in [0.717, 1.165) is 16.7 Å². The zero-order valence-corrected chi connectivity index (χ0v) is 21.7. The van der Waals surface area contributed by atoms with Crippen molar-refractivity contribution in [2.24, 2.45) is 11.8 Å². The molecule has 190 valence electrons. The average Bonchev–Trinajstić information content (AvgIpc) is 2.91. The molecule has 0 fully saturated rings. The topological polar surface area (TPSA) is 100 Å². The lowest BCUT2D eigenvalue weighted by Gasteiger charge is -2.32. The Balaban J connectivity index is 1.64. The van der Waals surface area contributed by atoms with Gasteiger partial charge in [0.05, 0.1) is 25.5 Å². The predicted molar refractivity (Wildman–Crippen MR) is 143 cm³/mol. The Kier molecular flexibility index (Phi) is 7.21. The van der Waals surface area contributed by atoms with Crippen LogP contribution in [0.1, 0.15) is 31.9 Å². The smallest absolute Gasteiger partial charge is 0.296 e. The molecule has 1 aromatic rings. The monoisotopic (exact) mass is 497 g/mol. The number of nitriles is 1. The SMILES string of the molecule is COC1=CC=C(C2C=CC(C(=O)C(=O)Nc3cc(C(C)(C)C)cc(C#N)c3OC)=C3C=CC=CC32)CN1. The highest BCUT2D eigenvalue weighted by atomic mass is 16.5. The maximum atomic E-state index is 13.4. The number of nitrogens with one attached hydrogen (secondary N) is 2. The van der Waals surface area contributed by atoms with Crippen molar-refractivity contribution in [2.45, 2.75) is 26.2 Å². The largest absolute Gasteiger partial charge is 0.493 e. The Morgan fingerprint density at radius 2 is 1.84 bits per heavy atom. The molecule has 0 saturated carbocycles. The number of nitrogens with zero attached hydrogens (tertiary/aromatic N) is 1.